The van der Waals surface area contributed by atoms with E-state index in [1.165, 1.54) is 24.3 Å². The predicted molar refractivity (Wildman–Crippen MR) is 77.2 cm³/mol. The van der Waals surface area contributed by atoms with Gasteiger partial charge < -0.3 is 14.8 Å². The molecule has 1 aromatic rings. The molecule has 1 rings (SSSR count). The van der Waals surface area contributed by atoms with Gasteiger partial charge in [-0.25, -0.2) is 9.59 Å². The maximum Gasteiger partial charge on any atom is 0.408 e. The summed E-state index contributed by atoms with van der Waals surface area (Å²) in [6.45, 7) is 5.02. The molecule has 1 unspecified atom stereocenters. The molecule has 22 heavy (non-hydrogen) atoms. The molecule has 1 N–H and O–H groups in total. The highest BCUT2D eigenvalue weighted by atomic mass is 16.6. The third-order valence-corrected chi connectivity index (χ3v) is 2.51. The Morgan fingerprint density at radius 3 is 2.45 bits per heavy atom. The van der Waals surface area contributed by atoms with E-state index in [1.807, 2.05) is 0 Å². The van der Waals surface area contributed by atoms with Crippen LogP contribution < -0.4 is 5.32 Å². The summed E-state index contributed by atoms with van der Waals surface area (Å²) in [6.07, 6.45) is -0.825. The largest absolute Gasteiger partial charge is 0.467 e. The van der Waals surface area contributed by atoms with E-state index in [4.69, 9.17) is 4.74 Å². The van der Waals surface area contributed by atoms with E-state index in [0.29, 0.717) is 0 Å². The van der Waals surface area contributed by atoms with Crippen LogP contribution >= 0.6 is 0 Å². The van der Waals surface area contributed by atoms with Gasteiger partial charge in [-0.1, -0.05) is 12.1 Å². The van der Waals surface area contributed by atoms with Gasteiger partial charge in [-0.05, 0) is 26.3 Å². The van der Waals surface area contributed by atoms with Gasteiger partial charge in [-0.15, -0.1) is 0 Å². The van der Waals surface area contributed by atoms with E-state index in [0.717, 1.165) is 7.11 Å². The van der Waals surface area contributed by atoms with Crippen molar-refractivity contribution in [2.24, 2.45) is 0 Å². The van der Waals surface area contributed by atoms with Crippen molar-refractivity contribution >= 4 is 17.7 Å². The molecule has 8 heteroatoms. The number of nitrogens with zero attached hydrogens (tertiary/aromatic N) is 1. The number of nitrogens with one attached hydrogen (secondary N) is 1. The van der Waals surface area contributed by atoms with Crippen molar-refractivity contribution in [2.75, 3.05) is 7.11 Å². The van der Waals surface area contributed by atoms with E-state index >= 15 is 0 Å². The molecule has 0 spiro atoms. The van der Waals surface area contributed by atoms with Crippen molar-refractivity contribution in [1.29, 1.82) is 0 Å². The average Bonchev–Trinajstić information content (AvgIpc) is 2.42. The number of esters is 1. The highest BCUT2D eigenvalue weighted by molar-refractivity contribution is 5.83. The molecule has 0 aromatic heterocycles. The molecule has 0 fully saturated rings. The molecular formula is C14H18N2O6. The second-order valence-corrected chi connectivity index (χ2v) is 5.45. The normalized spacial score (nSPS) is 12.2. The summed E-state index contributed by atoms with van der Waals surface area (Å²) in [5.74, 6) is -0.758. The van der Waals surface area contributed by atoms with Crippen molar-refractivity contribution in [2.45, 2.75) is 32.4 Å². The molecule has 0 aliphatic heterocycles. The third-order valence-electron chi connectivity index (χ3n) is 2.51. The zero-order valence-electron chi connectivity index (χ0n) is 12.8. The maximum atomic E-state index is 11.8. The quantitative estimate of drug-likeness (QED) is 0.519. The van der Waals surface area contributed by atoms with E-state index in [-0.39, 0.29) is 11.3 Å². The standard InChI is InChI=1S/C14H18N2O6/c1-14(2,3)22-13(18)15-11(12(17)21-4)9-6-5-7-10(8-9)16(19)20/h5-8,11H,1-4H3,(H,15,18). The van der Waals surface area contributed by atoms with Gasteiger partial charge in [-0.3, -0.25) is 10.1 Å². The summed E-state index contributed by atoms with van der Waals surface area (Å²) in [4.78, 5) is 33.8. The van der Waals surface area contributed by atoms with Crippen LogP contribution in [-0.2, 0) is 14.3 Å². The number of amides is 1. The molecule has 8 nitrogen and oxygen atoms in total. The van der Waals surface area contributed by atoms with E-state index in [1.54, 1.807) is 20.8 Å². The summed E-state index contributed by atoms with van der Waals surface area (Å²) in [5.41, 5.74) is -0.711. The van der Waals surface area contributed by atoms with Crippen molar-refractivity contribution in [3.63, 3.8) is 0 Å². The van der Waals surface area contributed by atoms with Crippen LogP contribution in [0.3, 0.4) is 0 Å². The summed E-state index contributed by atoms with van der Waals surface area (Å²) in [6, 6.07) is 4.18. The van der Waals surface area contributed by atoms with E-state index < -0.39 is 28.6 Å². The first-order valence-electron chi connectivity index (χ1n) is 6.46. The first-order valence-corrected chi connectivity index (χ1v) is 6.46. The van der Waals surface area contributed by atoms with Crippen molar-refractivity contribution in [3.8, 4) is 0 Å². The zero-order valence-corrected chi connectivity index (χ0v) is 12.8. The number of hydrogen-bond donors (Lipinski definition) is 1. The monoisotopic (exact) mass is 310 g/mol. The Kier molecular flexibility index (Phi) is 5.44. The summed E-state index contributed by atoms with van der Waals surface area (Å²) < 4.78 is 9.69. The topological polar surface area (TPSA) is 108 Å². The average molecular weight is 310 g/mol. The van der Waals surface area contributed by atoms with Gasteiger partial charge in [0.1, 0.15) is 5.60 Å². The van der Waals surface area contributed by atoms with Crippen LogP contribution in [0.25, 0.3) is 0 Å². The maximum absolute atomic E-state index is 11.8. The summed E-state index contributed by atoms with van der Waals surface area (Å²) in [7, 11) is 1.16. The highest BCUT2D eigenvalue weighted by Crippen LogP contribution is 2.21. The Balaban J connectivity index is 3.04. The summed E-state index contributed by atoms with van der Waals surface area (Å²) in [5, 5.41) is 13.2. The second kappa shape index (κ2) is 6.88. The van der Waals surface area contributed by atoms with Crippen molar-refractivity contribution in [3.05, 3.63) is 39.9 Å². The number of nitro groups is 1. The molecule has 0 aliphatic carbocycles. The van der Waals surface area contributed by atoms with Crippen LogP contribution in [0.4, 0.5) is 10.5 Å². The van der Waals surface area contributed by atoms with Crippen LogP contribution in [0.2, 0.25) is 0 Å². The Morgan fingerprint density at radius 1 is 1.32 bits per heavy atom. The van der Waals surface area contributed by atoms with Crippen LogP contribution in [-0.4, -0.2) is 29.7 Å². The van der Waals surface area contributed by atoms with Gasteiger partial charge in [0.2, 0.25) is 0 Å². The number of carbonyl (C=O) groups excluding carboxylic acids is 2. The number of methoxy groups -OCH3 is 1. The molecule has 0 aliphatic rings. The first kappa shape index (κ1) is 17.4. The molecule has 0 heterocycles. The number of alkyl carbamates (subject to hydrolysis) is 1. The minimum Gasteiger partial charge on any atom is -0.467 e. The third kappa shape index (κ3) is 5.04. The molecule has 1 aromatic carbocycles. The SMILES string of the molecule is COC(=O)C(NC(=O)OC(C)(C)C)c1cccc([N+](=O)[O-])c1. The minimum absolute atomic E-state index is 0.197. The number of carbonyl (C=O) groups is 2. The molecule has 0 saturated heterocycles. The smallest absolute Gasteiger partial charge is 0.408 e. The Morgan fingerprint density at radius 2 is 1.95 bits per heavy atom. The van der Waals surface area contributed by atoms with E-state index in [9.17, 15) is 19.7 Å². The Bertz CT molecular complexity index is 579. The summed E-state index contributed by atoms with van der Waals surface area (Å²) >= 11 is 0. The fourth-order valence-electron chi connectivity index (χ4n) is 1.64. The minimum atomic E-state index is -1.19. The molecule has 1 atom stereocenters. The number of ether oxygens (including phenoxy) is 2. The van der Waals surface area contributed by atoms with Gasteiger partial charge >= 0.3 is 12.1 Å². The van der Waals surface area contributed by atoms with Crippen LogP contribution in [0.5, 0.6) is 0 Å². The fourth-order valence-corrected chi connectivity index (χ4v) is 1.64. The second-order valence-electron chi connectivity index (χ2n) is 5.45. The van der Waals surface area contributed by atoms with Crippen LogP contribution in [0.15, 0.2) is 24.3 Å². The van der Waals surface area contributed by atoms with Crippen LogP contribution in [0, 0.1) is 10.1 Å². The molecule has 120 valence electrons. The molecule has 1 amide bonds. The Labute approximate surface area is 127 Å². The van der Waals surface area contributed by atoms with Gasteiger partial charge in [0.25, 0.3) is 5.69 Å². The number of non-ortho nitro benzene ring substituents is 1. The van der Waals surface area contributed by atoms with Crippen molar-refractivity contribution < 1.29 is 24.0 Å². The lowest BCUT2D eigenvalue weighted by molar-refractivity contribution is -0.384. The lowest BCUT2D eigenvalue weighted by Crippen LogP contribution is -2.38. The van der Waals surface area contributed by atoms with Gasteiger partial charge in [0.05, 0.1) is 12.0 Å². The van der Waals surface area contributed by atoms with Crippen LogP contribution in [0.1, 0.15) is 32.4 Å². The number of benzene rings is 1. The number of nitro benzene ring substituents is 1. The van der Waals surface area contributed by atoms with Gasteiger partial charge in [0, 0.05) is 12.1 Å². The van der Waals surface area contributed by atoms with Gasteiger partial charge in [0.15, 0.2) is 6.04 Å². The Hall–Kier alpha value is -2.64. The molecule has 0 bridgehead atoms. The number of hydrogen-bond acceptors (Lipinski definition) is 6. The molecular weight excluding hydrogens is 292 g/mol. The fraction of sp³-hybridized carbons (Fsp3) is 0.429. The lowest BCUT2D eigenvalue weighted by atomic mass is 10.1. The van der Waals surface area contributed by atoms with Gasteiger partial charge in [-0.2, -0.15) is 0 Å². The predicted octanol–water partition coefficient (Wildman–Crippen LogP) is 2.33. The van der Waals surface area contributed by atoms with E-state index in [2.05, 4.69) is 10.1 Å². The highest BCUT2D eigenvalue weighted by Gasteiger charge is 2.27. The van der Waals surface area contributed by atoms with Crippen molar-refractivity contribution in [1.82, 2.24) is 5.32 Å². The number of rotatable bonds is 4. The zero-order chi connectivity index (χ0) is 16.9. The first-order chi connectivity index (χ1) is 10.1. The molecule has 0 radical (unpaired) electrons. The lowest BCUT2D eigenvalue weighted by Gasteiger charge is -2.22. The molecule has 0 saturated carbocycles.